The summed E-state index contributed by atoms with van der Waals surface area (Å²) in [5, 5.41) is 0.227. The van der Waals surface area contributed by atoms with Gasteiger partial charge in [0.15, 0.2) is 16.6 Å². The van der Waals surface area contributed by atoms with E-state index in [0.29, 0.717) is 12.5 Å². The summed E-state index contributed by atoms with van der Waals surface area (Å²) in [5.74, 6) is 0.643. The van der Waals surface area contributed by atoms with Crippen molar-refractivity contribution >= 4 is 22.5 Å². The highest BCUT2D eigenvalue weighted by atomic mass is 28.4. The molecule has 2 unspecified atom stereocenters. The number of hydrogen-bond acceptors (Lipinski definition) is 4. The molecule has 2 rings (SSSR count). The molecule has 0 N–H and O–H groups in total. The zero-order valence-electron chi connectivity index (χ0n) is 21.3. The van der Waals surface area contributed by atoms with Gasteiger partial charge in [-0.3, -0.25) is 0 Å². The van der Waals surface area contributed by atoms with E-state index in [2.05, 4.69) is 74.3 Å². The predicted molar refractivity (Wildman–Crippen MR) is 137 cm³/mol. The van der Waals surface area contributed by atoms with Crippen molar-refractivity contribution in [2.45, 2.75) is 96.1 Å². The molecule has 0 fully saturated rings. The summed E-state index contributed by atoms with van der Waals surface area (Å²) in [7, 11) is -3.97. The molecule has 0 spiro atoms. The molecule has 0 aromatic heterocycles. The molecule has 0 amide bonds. The average molecular weight is 462 g/mol. The quantitative estimate of drug-likeness (QED) is 0.331. The van der Waals surface area contributed by atoms with Crippen LogP contribution in [0.4, 0.5) is 0 Å². The van der Waals surface area contributed by atoms with Crippen molar-refractivity contribution < 1.29 is 13.6 Å². The molecular weight excluding hydrogens is 418 g/mol. The fourth-order valence-electron chi connectivity index (χ4n) is 2.88. The first-order chi connectivity index (χ1) is 14.1. The summed E-state index contributed by atoms with van der Waals surface area (Å²) in [4.78, 5) is 5.02. The minimum absolute atomic E-state index is 0.0903. The Kier molecular flexibility index (Phi) is 7.84. The fourth-order valence-corrected chi connectivity index (χ4v) is 5.23. The lowest BCUT2D eigenvalue weighted by Gasteiger charge is -2.45. The van der Waals surface area contributed by atoms with Crippen molar-refractivity contribution in [3.63, 3.8) is 0 Å². The highest BCUT2D eigenvalue weighted by Crippen LogP contribution is 2.40. The number of benzene rings is 1. The Morgan fingerprint density at radius 1 is 0.968 bits per heavy atom. The largest absolute Gasteiger partial charge is 0.467 e. The van der Waals surface area contributed by atoms with Crippen molar-refractivity contribution in [3.05, 3.63) is 48.6 Å². The minimum Gasteiger partial charge on any atom is -0.467 e. The molecule has 1 heterocycles. The van der Waals surface area contributed by atoms with Gasteiger partial charge < -0.3 is 13.6 Å². The van der Waals surface area contributed by atoms with Gasteiger partial charge in [0.25, 0.3) is 0 Å². The molecule has 6 heteroatoms. The van der Waals surface area contributed by atoms with Crippen LogP contribution in [0.1, 0.15) is 47.1 Å². The summed E-state index contributed by atoms with van der Waals surface area (Å²) >= 11 is 0. The van der Waals surface area contributed by atoms with Crippen LogP contribution in [0, 0.1) is 0 Å². The van der Waals surface area contributed by atoms with E-state index in [1.54, 1.807) is 0 Å². The van der Waals surface area contributed by atoms with E-state index in [1.807, 2.05) is 36.4 Å². The van der Waals surface area contributed by atoms with Gasteiger partial charge in [0.2, 0.25) is 5.90 Å². The molecular formula is C25H43NO3Si2. The van der Waals surface area contributed by atoms with E-state index in [1.165, 1.54) is 0 Å². The van der Waals surface area contributed by atoms with E-state index in [4.69, 9.17) is 18.6 Å². The highest BCUT2D eigenvalue weighted by molar-refractivity contribution is 6.74. The van der Waals surface area contributed by atoms with Gasteiger partial charge in [-0.05, 0) is 54.5 Å². The van der Waals surface area contributed by atoms with Gasteiger partial charge in [-0.1, -0.05) is 66.3 Å². The van der Waals surface area contributed by atoms with Crippen LogP contribution in [0.3, 0.4) is 0 Å². The zero-order valence-corrected chi connectivity index (χ0v) is 23.3. The zero-order chi connectivity index (χ0) is 23.7. The summed E-state index contributed by atoms with van der Waals surface area (Å²) in [6.45, 7) is 27.2. The number of nitrogens with zero attached hydrogens (tertiary/aromatic N) is 1. The number of rotatable bonds is 7. The lowest BCUT2D eigenvalue weighted by atomic mass is 10.0. The maximum Gasteiger partial charge on any atom is 0.217 e. The van der Waals surface area contributed by atoms with Crippen molar-refractivity contribution in [3.8, 4) is 0 Å². The van der Waals surface area contributed by atoms with Crippen LogP contribution in [0.5, 0.6) is 0 Å². The van der Waals surface area contributed by atoms with E-state index >= 15 is 0 Å². The predicted octanol–water partition coefficient (Wildman–Crippen LogP) is 6.80. The molecule has 1 aromatic carbocycles. The molecule has 174 valence electrons. The van der Waals surface area contributed by atoms with Crippen LogP contribution in [0.25, 0.3) is 0 Å². The third-order valence-electron chi connectivity index (χ3n) is 7.14. The van der Waals surface area contributed by atoms with E-state index < -0.39 is 16.6 Å². The van der Waals surface area contributed by atoms with Gasteiger partial charge in [0.1, 0.15) is 18.2 Å². The Labute approximate surface area is 192 Å². The second kappa shape index (κ2) is 9.34. The summed E-state index contributed by atoms with van der Waals surface area (Å²) < 4.78 is 19.8. The molecule has 3 atom stereocenters. The van der Waals surface area contributed by atoms with E-state index in [0.717, 1.165) is 5.56 Å². The Balaban J connectivity index is 2.42. The monoisotopic (exact) mass is 461 g/mol. The molecule has 0 saturated carbocycles. The standard InChI is InChI=1S/C25H43NO3Si2/c1-12-21-22(29-31(10,11)25(5,6)7)20(18-27-30(8,9)24(2,3)4)26-23(28-21)19-16-14-13-15-17-19/h12-17,20-22H,1,18H2,2-11H3/t20?,21?,22-/m0/s1. The summed E-state index contributed by atoms with van der Waals surface area (Å²) in [5.41, 5.74) is 0.970. The van der Waals surface area contributed by atoms with E-state index in [9.17, 15) is 0 Å². The Morgan fingerprint density at radius 2 is 1.52 bits per heavy atom. The Hall–Kier alpha value is -1.22. The van der Waals surface area contributed by atoms with Crippen LogP contribution < -0.4 is 0 Å². The maximum atomic E-state index is 6.87. The lowest BCUT2D eigenvalue weighted by molar-refractivity contribution is 0.0192. The third kappa shape index (κ3) is 6.18. The second-order valence-electron chi connectivity index (χ2n) is 11.6. The number of ether oxygens (including phenoxy) is 1. The maximum absolute atomic E-state index is 6.87. The first kappa shape index (κ1) is 26.0. The van der Waals surface area contributed by atoms with Crippen molar-refractivity contribution in [1.29, 1.82) is 0 Å². The molecule has 1 aliphatic rings. The van der Waals surface area contributed by atoms with Gasteiger partial charge in [0.05, 0.1) is 6.61 Å². The molecule has 4 nitrogen and oxygen atoms in total. The number of hydrogen-bond donors (Lipinski definition) is 0. The van der Waals surface area contributed by atoms with Gasteiger partial charge in [-0.25, -0.2) is 4.99 Å². The van der Waals surface area contributed by atoms with Crippen LogP contribution in [0.2, 0.25) is 36.3 Å². The molecule has 0 bridgehead atoms. The highest BCUT2D eigenvalue weighted by Gasteiger charge is 2.46. The lowest BCUT2D eigenvalue weighted by Crippen LogP contribution is -2.55. The van der Waals surface area contributed by atoms with E-state index in [-0.39, 0.29) is 28.3 Å². The average Bonchev–Trinajstić information content (AvgIpc) is 2.65. The molecule has 1 aliphatic heterocycles. The first-order valence-corrected chi connectivity index (χ1v) is 17.1. The second-order valence-corrected chi connectivity index (χ2v) is 21.2. The SMILES string of the molecule is C=CC1OC(c2ccccc2)=NC(CO[Si](C)(C)C(C)(C)C)[C@@H]1O[Si](C)(C)C(C)(C)C. The summed E-state index contributed by atoms with van der Waals surface area (Å²) in [6, 6.07) is 9.92. The van der Waals surface area contributed by atoms with Gasteiger partial charge in [-0.15, -0.1) is 0 Å². The van der Waals surface area contributed by atoms with Crippen molar-refractivity contribution in [2.24, 2.45) is 4.99 Å². The van der Waals surface area contributed by atoms with Crippen LogP contribution in [0.15, 0.2) is 48.0 Å². The molecule has 0 aliphatic carbocycles. The number of aliphatic imine (C=N–C) groups is 1. The normalized spacial score (nSPS) is 23.2. The van der Waals surface area contributed by atoms with Gasteiger partial charge in [-0.2, -0.15) is 0 Å². The van der Waals surface area contributed by atoms with Crippen LogP contribution in [-0.2, 0) is 13.6 Å². The van der Waals surface area contributed by atoms with Crippen LogP contribution >= 0.6 is 0 Å². The molecule has 0 saturated heterocycles. The van der Waals surface area contributed by atoms with Crippen molar-refractivity contribution in [1.82, 2.24) is 0 Å². The molecule has 31 heavy (non-hydrogen) atoms. The van der Waals surface area contributed by atoms with Gasteiger partial charge >= 0.3 is 0 Å². The third-order valence-corrected chi connectivity index (χ3v) is 16.1. The summed E-state index contributed by atoms with van der Waals surface area (Å²) in [6.07, 6.45) is 1.37. The smallest absolute Gasteiger partial charge is 0.217 e. The first-order valence-electron chi connectivity index (χ1n) is 11.3. The minimum atomic E-state index is -2.05. The topological polar surface area (TPSA) is 40.0 Å². The fraction of sp³-hybridized carbons (Fsp3) is 0.640. The van der Waals surface area contributed by atoms with Crippen molar-refractivity contribution in [2.75, 3.05) is 6.61 Å². The molecule has 1 aromatic rings. The molecule has 0 radical (unpaired) electrons. The Morgan fingerprint density at radius 3 is 2.00 bits per heavy atom. The van der Waals surface area contributed by atoms with Crippen LogP contribution in [-0.4, -0.2) is 47.4 Å². The van der Waals surface area contributed by atoms with Gasteiger partial charge in [0, 0.05) is 5.56 Å². The Bertz CT molecular complexity index is 776.